The van der Waals surface area contributed by atoms with E-state index in [2.05, 4.69) is 31.1 Å². The van der Waals surface area contributed by atoms with Crippen LogP contribution in [0.2, 0.25) is 0 Å². The van der Waals surface area contributed by atoms with Crippen molar-refractivity contribution in [1.29, 1.82) is 0 Å². The van der Waals surface area contributed by atoms with Gasteiger partial charge in [0.1, 0.15) is 12.6 Å². The molecule has 2 heterocycles. The number of nitrogens with zero attached hydrogens (tertiary/aromatic N) is 2. The summed E-state index contributed by atoms with van der Waals surface area (Å²) < 4.78 is 45.5. The maximum atomic E-state index is 13.2. The van der Waals surface area contributed by atoms with Crippen molar-refractivity contribution in [3.63, 3.8) is 0 Å². The molecule has 2 aliphatic carbocycles. The highest BCUT2D eigenvalue weighted by Crippen LogP contribution is 2.37. The third-order valence-electron chi connectivity index (χ3n) is 7.84. The first-order valence-corrected chi connectivity index (χ1v) is 13.1. The number of nitrogens with one attached hydrogen (secondary N) is 4. The molecule has 4 N–H and O–H groups in total. The molecule has 0 bridgehead atoms. The fourth-order valence-electron chi connectivity index (χ4n) is 5.98. The van der Waals surface area contributed by atoms with E-state index in [9.17, 15) is 13.2 Å². The first kappa shape index (κ1) is 25.6. The Hall–Kier alpha value is -0.490. The van der Waals surface area contributed by atoms with Gasteiger partial charge in [0.05, 0.1) is 5.92 Å². The molecule has 0 aromatic heterocycles. The quantitative estimate of drug-likeness (QED) is 0.451. The number of hydrogen-bond acceptors (Lipinski definition) is 7. The highest BCUT2D eigenvalue weighted by atomic mass is 19.4. The van der Waals surface area contributed by atoms with E-state index >= 15 is 0 Å². The van der Waals surface area contributed by atoms with Crippen molar-refractivity contribution in [2.45, 2.75) is 95.9 Å². The van der Waals surface area contributed by atoms with Gasteiger partial charge in [-0.1, -0.05) is 25.7 Å². The van der Waals surface area contributed by atoms with Crippen LogP contribution < -0.4 is 21.3 Å². The molecule has 10 heteroatoms. The Balaban J connectivity index is 1.28. The van der Waals surface area contributed by atoms with Gasteiger partial charge < -0.3 is 9.64 Å². The van der Waals surface area contributed by atoms with Crippen LogP contribution in [0.15, 0.2) is 0 Å². The molecule has 2 saturated heterocycles. The zero-order valence-electron chi connectivity index (χ0n) is 20.0. The number of alkyl halides is 3. The van der Waals surface area contributed by atoms with E-state index in [0.29, 0.717) is 13.0 Å². The van der Waals surface area contributed by atoms with Gasteiger partial charge in [0.2, 0.25) is 0 Å². The number of hydrogen-bond donors (Lipinski definition) is 4. The summed E-state index contributed by atoms with van der Waals surface area (Å²) in [7, 11) is 0. The summed E-state index contributed by atoms with van der Waals surface area (Å²) in [6.07, 6.45) is 3.81. The Kier molecular flexibility index (Phi) is 9.28. The minimum atomic E-state index is -4.11. The zero-order valence-corrected chi connectivity index (χ0v) is 20.0. The lowest BCUT2D eigenvalue weighted by Gasteiger charge is -2.47. The van der Waals surface area contributed by atoms with Gasteiger partial charge in [-0.25, -0.2) is 0 Å². The third kappa shape index (κ3) is 7.49. The molecule has 5 atom stereocenters. The topological polar surface area (TPSA) is 63.8 Å². The lowest BCUT2D eigenvalue weighted by Crippen LogP contribution is -2.77. The van der Waals surface area contributed by atoms with Crippen LogP contribution in [0.1, 0.15) is 64.7 Å². The molecular weight excluding hydrogens is 433 g/mol. The van der Waals surface area contributed by atoms with Crippen LogP contribution in [0.5, 0.6) is 0 Å². The second kappa shape index (κ2) is 12.0. The molecule has 4 aliphatic rings. The molecule has 2 aliphatic heterocycles. The Morgan fingerprint density at radius 1 is 0.909 bits per heavy atom. The minimum Gasteiger partial charge on any atom is -0.350 e. The lowest BCUT2D eigenvalue weighted by molar-refractivity contribution is -0.184. The van der Waals surface area contributed by atoms with E-state index in [4.69, 9.17) is 4.74 Å². The van der Waals surface area contributed by atoms with Crippen molar-refractivity contribution >= 4 is 0 Å². The van der Waals surface area contributed by atoms with Crippen LogP contribution in [0.4, 0.5) is 13.2 Å². The molecule has 0 aromatic rings. The molecular formula is C23H43F3N6O. The highest BCUT2D eigenvalue weighted by molar-refractivity contribution is 4.87. The van der Waals surface area contributed by atoms with Gasteiger partial charge in [-0.2, -0.15) is 13.2 Å². The van der Waals surface area contributed by atoms with Gasteiger partial charge in [0.15, 0.2) is 6.35 Å². The summed E-state index contributed by atoms with van der Waals surface area (Å²) in [5.41, 5.74) is 0. The lowest BCUT2D eigenvalue weighted by atomic mass is 9.85. The summed E-state index contributed by atoms with van der Waals surface area (Å²) in [6, 6.07) is -0.163. The van der Waals surface area contributed by atoms with Crippen molar-refractivity contribution in [2.75, 3.05) is 39.3 Å². The Morgan fingerprint density at radius 3 is 2.36 bits per heavy atom. The van der Waals surface area contributed by atoms with Crippen molar-refractivity contribution in [3.8, 4) is 0 Å². The van der Waals surface area contributed by atoms with Crippen LogP contribution in [0, 0.1) is 11.8 Å². The molecule has 33 heavy (non-hydrogen) atoms. The fourth-order valence-corrected chi connectivity index (χ4v) is 5.98. The van der Waals surface area contributed by atoms with Crippen molar-refractivity contribution in [1.82, 2.24) is 31.1 Å². The third-order valence-corrected chi connectivity index (χ3v) is 7.84. The standard InChI is InChI=1S/C23H43F3N6O/c1-2-33-22-29-20(27-19-10-6-9-18(15-19)23(24,25)26)28-21(30-22)32-13-11-31(12-14-32)16-17-7-4-3-5-8-17/h17-22,27-30H,2-16H2,1H3. The predicted molar refractivity (Wildman–Crippen MR) is 122 cm³/mol. The highest BCUT2D eigenvalue weighted by Gasteiger charge is 2.43. The van der Waals surface area contributed by atoms with E-state index in [1.54, 1.807) is 0 Å². The van der Waals surface area contributed by atoms with Crippen molar-refractivity contribution in [2.24, 2.45) is 11.8 Å². The molecule has 4 rings (SSSR count). The van der Waals surface area contributed by atoms with Crippen LogP contribution in [0.3, 0.4) is 0 Å². The summed E-state index contributed by atoms with van der Waals surface area (Å²) in [6.45, 7) is 7.74. The molecule has 4 fully saturated rings. The minimum absolute atomic E-state index is 0.0841. The van der Waals surface area contributed by atoms with Gasteiger partial charge in [0.25, 0.3) is 0 Å². The first-order valence-electron chi connectivity index (χ1n) is 13.1. The van der Waals surface area contributed by atoms with E-state index in [0.717, 1.165) is 38.5 Å². The molecule has 5 unspecified atom stereocenters. The normalized spacial score (nSPS) is 36.2. The van der Waals surface area contributed by atoms with Crippen LogP contribution >= 0.6 is 0 Å². The van der Waals surface area contributed by atoms with E-state index in [1.807, 2.05) is 6.92 Å². The van der Waals surface area contributed by atoms with Crippen LogP contribution in [-0.2, 0) is 4.74 Å². The van der Waals surface area contributed by atoms with Crippen molar-refractivity contribution < 1.29 is 17.9 Å². The van der Waals surface area contributed by atoms with E-state index < -0.39 is 12.1 Å². The van der Waals surface area contributed by atoms with Crippen LogP contribution in [0.25, 0.3) is 0 Å². The summed E-state index contributed by atoms with van der Waals surface area (Å²) in [5, 5.41) is 13.7. The Labute approximate surface area is 196 Å². The molecule has 0 amide bonds. The Morgan fingerprint density at radius 2 is 1.67 bits per heavy atom. The summed E-state index contributed by atoms with van der Waals surface area (Å²) in [5.74, 6) is -0.353. The number of ether oxygens (including phenoxy) is 1. The molecule has 0 aromatic carbocycles. The van der Waals surface area contributed by atoms with Gasteiger partial charge in [-0.3, -0.25) is 26.2 Å². The second-order valence-corrected chi connectivity index (χ2v) is 10.3. The largest absolute Gasteiger partial charge is 0.391 e. The summed E-state index contributed by atoms with van der Waals surface area (Å²) in [4.78, 5) is 4.99. The predicted octanol–water partition coefficient (Wildman–Crippen LogP) is 2.56. The van der Waals surface area contributed by atoms with Gasteiger partial charge in [-0.15, -0.1) is 0 Å². The fraction of sp³-hybridized carbons (Fsp3) is 1.00. The van der Waals surface area contributed by atoms with Crippen molar-refractivity contribution in [3.05, 3.63) is 0 Å². The van der Waals surface area contributed by atoms with Gasteiger partial charge >= 0.3 is 6.18 Å². The zero-order chi connectivity index (χ0) is 23.3. The average Bonchev–Trinajstić information content (AvgIpc) is 2.80. The maximum Gasteiger partial charge on any atom is 0.391 e. The molecule has 2 saturated carbocycles. The second-order valence-electron chi connectivity index (χ2n) is 10.3. The van der Waals surface area contributed by atoms with E-state index in [1.165, 1.54) is 38.6 Å². The SMILES string of the molecule is CCOC1NC(NC2CCCC(C(F)(F)F)C2)NC(N2CCN(CC3CCCCC3)CC2)N1. The number of halogens is 3. The molecule has 7 nitrogen and oxygen atoms in total. The molecule has 0 spiro atoms. The number of piperazine rings is 1. The monoisotopic (exact) mass is 476 g/mol. The van der Waals surface area contributed by atoms with E-state index in [-0.39, 0.29) is 37.8 Å². The van der Waals surface area contributed by atoms with Crippen LogP contribution in [-0.4, -0.2) is 80.3 Å². The molecule has 0 radical (unpaired) electrons. The first-order chi connectivity index (χ1) is 15.9. The Bertz CT molecular complexity index is 583. The average molecular weight is 477 g/mol. The molecule has 192 valence electrons. The van der Waals surface area contributed by atoms with Gasteiger partial charge in [-0.05, 0) is 44.9 Å². The number of rotatable bonds is 7. The summed E-state index contributed by atoms with van der Waals surface area (Å²) >= 11 is 0. The smallest absolute Gasteiger partial charge is 0.350 e. The van der Waals surface area contributed by atoms with Gasteiger partial charge in [0, 0.05) is 45.4 Å². The maximum absolute atomic E-state index is 13.2.